The molecule has 3 aromatic carbocycles. The summed E-state index contributed by atoms with van der Waals surface area (Å²) in [5, 5.41) is 18.4. The van der Waals surface area contributed by atoms with Gasteiger partial charge in [0.15, 0.2) is 0 Å². The average Bonchev–Trinajstić information content (AvgIpc) is 3.36. The van der Waals surface area contributed by atoms with Crippen LogP contribution in [0.3, 0.4) is 0 Å². The van der Waals surface area contributed by atoms with Crippen molar-refractivity contribution >= 4 is 28.3 Å². The van der Waals surface area contributed by atoms with E-state index in [0.29, 0.717) is 31.0 Å². The molecule has 0 saturated carbocycles. The lowest BCUT2D eigenvalue weighted by atomic mass is 9.99. The summed E-state index contributed by atoms with van der Waals surface area (Å²) in [6.07, 6.45) is 2.81. The van der Waals surface area contributed by atoms with Crippen LogP contribution in [0.1, 0.15) is 54.6 Å². The number of carboxylic acids is 1. The van der Waals surface area contributed by atoms with Gasteiger partial charge < -0.3 is 26.4 Å². The second kappa shape index (κ2) is 12.0. The molecule has 5 N–H and O–H groups in total. The number of rotatable bonds is 11. The Balaban J connectivity index is 1.33. The number of carbonyl (C=O) groups excluding carboxylic acids is 1. The number of carboxylic acid groups (broad SMARTS) is 1. The van der Waals surface area contributed by atoms with E-state index in [-0.39, 0.29) is 11.9 Å². The molecule has 4 rings (SSSR count). The Bertz CT molecular complexity index is 1180. The van der Waals surface area contributed by atoms with Crippen LogP contribution in [0.4, 0.5) is 5.69 Å². The third-order valence-electron chi connectivity index (χ3n) is 7.01. The van der Waals surface area contributed by atoms with Crippen LogP contribution in [0.5, 0.6) is 0 Å². The fourth-order valence-electron chi connectivity index (χ4n) is 5.02. The normalized spacial score (nSPS) is 17.2. The van der Waals surface area contributed by atoms with Gasteiger partial charge in [-0.25, -0.2) is 4.79 Å². The lowest BCUT2D eigenvalue weighted by Gasteiger charge is -2.23. The van der Waals surface area contributed by atoms with Crippen molar-refractivity contribution in [3.8, 4) is 0 Å². The van der Waals surface area contributed by atoms with Crippen LogP contribution >= 0.6 is 0 Å². The molecule has 36 heavy (non-hydrogen) atoms. The van der Waals surface area contributed by atoms with Crippen molar-refractivity contribution in [1.82, 2.24) is 10.6 Å². The van der Waals surface area contributed by atoms with Crippen molar-refractivity contribution in [2.45, 2.75) is 50.7 Å². The van der Waals surface area contributed by atoms with Gasteiger partial charge in [-0.3, -0.25) is 4.79 Å². The van der Waals surface area contributed by atoms with Gasteiger partial charge in [-0.2, -0.15) is 0 Å². The molecule has 1 amide bonds. The third-order valence-corrected chi connectivity index (χ3v) is 7.01. The number of unbranched alkanes of at least 4 members (excludes halogenated alkanes) is 1. The zero-order valence-corrected chi connectivity index (χ0v) is 20.8. The summed E-state index contributed by atoms with van der Waals surface area (Å²) in [5.74, 6) is -1.39. The lowest BCUT2D eigenvalue weighted by molar-refractivity contribution is -0.139. The summed E-state index contributed by atoms with van der Waals surface area (Å²) in [5.41, 5.74) is 8.32. The number of nitrogens with zero attached hydrogens (tertiary/aromatic N) is 1. The van der Waals surface area contributed by atoms with E-state index in [4.69, 9.17) is 5.73 Å². The van der Waals surface area contributed by atoms with Crippen LogP contribution in [0.15, 0.2) is 66.7 Å². The SMILES string of the molecule is C[C@@H](N[C@H]1CCN(c2ccc(C(=O)N[C@H](CCCCN)C(=O)O)cc2)C1)c1cccc2ccccc12. The highest BCUT2D eigenvalue weighted by Crippen LogP contribution is 2.27. The van der Waals surface area contributed by atoms with Crippen LogP contribution < -0.4 is 21.3 Å². The largest absolute Gasteiger partial charge is 0.480 e. The highest BCUT2D eigenvalue weighted by Gasteiger charge is 2.25. The highest BCUT2D eigenvalue weighted by atomic mass is 16.4. The smallest absolute Gasteiger partial charge is 0.326 e. The van der Waals surface area contributed by atoms with Crippen LogP contribution in [-0.4, -0.2) is 48.7 Å². The molecule has 190 valence electrons. The van der Waals surface area contributed by atoms with Crippen molar-refractivity contribution in [3.05, 3.63) is 77.9 Å². The molecule has 3 atom stereocenters. The van der Waals surface area contributed by atoms with Crippen LogP contribution in [0.25, 0.3) is 10.8 Å². The molecule has 0 radical (unpaired) electrons. The van der Waals surface area contributed by atoms with Gasteiger partial charge in [-0.05, 0) is 79.8 Å². The number of nitrogens with one attached hydrogen (secondary N) is 2. The second-order valence-electron chi connectivity index (χ2n) is 9.58. The van der Waals surface area contributed by atoms with Gasteiger partial charge in [0.1, 0.15) is 6.04 Å². The van der Waals surface area contributed by atoms with E-state index in [1.54, 1.807) is 12.1 Å². The summed E-state index contributed by atoms with van der Waals surface area (Å²) in [7, 11) is 0. The van der Waals surface area contributed by atoms with Gasteiger partial charge in [0.25, 0.3) is 5.91 Å². The molecule has 1 aliphatic rings. The van der Waals surface area contributed by atoms with Gasteiger partial charge in [-0.1, -0.05) is 42.5 Å². The Morgan fingerprint density at radius 2 is 1.81 bits per heavy atom. The fraction of sp³-hybridized carbons (Fsp3) is 0.379. The van der Waals surface area contributed by atoms with E-state index in [2.05, 4.69) is 64.9 Å². The summed E-state index contributed by atoms with van der Waals surface area (Å²) < 4.78 is 0. The number of hydrogen-bond acceptors (Lipinski definition) is 5. The van der Waals surface area contributed by atoms with E-state index >= 15 is 0 Å². The average molecular weight is 489 g/mol. The van der Waals surface area contributed by atoms with E-state index in [9.17, 15) is 14.7 Å². The van der Waals surface area contributed by atoms with Crippen LogP contribution in [0, 0.1) is 0 Å². The number of aliphatic carboxylic acids is 1. The van der Waals surface area contributed by atoms with Gasteiger partial charge in [0.2, 0.25) is 0 Å². The molecule has 0 spiro atoms. The molecule has 0 unspecified atom stereocenters. The van der Waals surface area contributed by atoms with Gasteiger partial charge in [0, 0.05) is 36.4 Å². The van der Waals surface area contributed by atoms with Crippen molar-refractivity contribution in [2.75, 3.05) is 24.5 Å². The Morgan fingerprint density at radius 3 is 2.56 bits per heavy atom. The van der Waals surface area contributed by atoms with Gasteiger partial charge >= 0.3 is 5.97 Å². The standard InChI is InChI=1S/C29H36N4O3/c1-20(25-10-6-8-21-7-2-3-9-26(21)25)31-23-16-18-33(19-23)24-14-12-22(13-15-24)28(34)32-27(29(35)36)11-4-5-17-30/h2-3,6-10,12-15,20,23,27,31H,4-5,11,16-19,30H2,1H3,(H,32,34)(H,35,36)/t20-,23+,27-/m1/s1. The molecule has 7 heteroatoms. The Hall–Kier alpha value is -3.42. The number of benzene rings is 3. The second-order valence-corrected chi connectivity index (χ2v) is 9.58. The van der Waals surface area contributed by atoms with E-state index < -0.39 is 12.0 Å². The molecule has 0 bridgehead atoms. The van der Waals surface area contributed by atoms with E-state index in [1.807, 2.05) is 12.1 Å². The fourth-order valence-corrected chi connectivity index (χ4v) is 5.02. The van der Waals surface area contributed by atoms with Crippen molar-refractivity contribution in [3.63, 3.8) is 0 Å². The first-order chi connectivity index (χ1) is 17.5. The molecule has 1 fully saturated rings. The number of anilines is 1. The third kappa shape index (κ3) is 6.22. The first-order valence-corrected chi connectivity index (χ1v) is 12.8. The predicted octanol–water partition coefficient (Wildman–Crippen LogP) is 4.08. The van der Waals surface area contributed by atoms with Crippen LogP contribution in [0.2, 0.25) is 0 Å². The molecule has 1 aliphatic heterocycles. The van der Waals surface area contributed by atoms with E-state index in [1.165, 1.54) is 16.3 Å². The van der Waals surface area contributed by atoms with Crippen molar-refractivity contribution < 1.29 is 14.7 Å². The number of amides is 1. The highest BCUT2D eigenvalue weighted by molar-refractivity contribution is 5.96. The predicted molar refractivity (Wildman–Crippen MR) is 144 cm³/mol. The lowest BCUT2D eigenvalue weighted by Crippen LogP contribution is -2.40. The maximum absolute atomic E-state index is 12.6. The summed E-state index contributed by atoms with van der Waals surface area (Å²) in [6, 6.07) is 22.1. The summed E-state index contributed by atoms with van der Waals surface area (Å²) in [4.78, 5) is 26.4. The Kier molecular flexibility index (Phi) is 8.57. The quantitative estimate of drug-likeness (QED) is 0.303. The number of carbonyl (C=O) groups is 2. The van der Waals surface area contributed by atoms with E-state index in [0.717, 1.165) is 31.6 Å². The van der Waals surface area contributed by atoms with Crippen molar-refractivity contribution in [1.29, 1.82) is 0 Å². The Morgan fingerprint density at radius 1 is 1.06 bits per heavy atom. The number of fused-ring (bicyclic) bond motifs is 1. The maximum atomic E-state index is 12.6. The minimum Gasteiger partial charge on any atom is -0.480 e. The minimum absolute atomic E-state index is 0.235. The molecule has 1 saturated heterocycles. The monoisotopic (exact) mass is 488 g/mol. The van der Waals surface area contributed by atoms with Crippen molar-refractivity contribution in [2.24, 2.45) is 5.73 Å². The minimum atomic E-state index is -1.02. The molecular weight excluding hydrogens is 452 g/mol. The zero-order valence-electron chi connectivity index (χ0n) is 20.8. The molecule has 0 aromatic heterocycles. The van der Waals surface area contributed by atoms with Gasteiger partial charge in [0.05, 0.1) is 0 Å². The maximum Gasteiger partial charge on any atom is 0.326 e. The molecule has 3 aromatic rings. The van der Waals surface area contributed by atoms with Gasteiger partial charge in [-0.15, -0.1) is 0 Å². The summed E-state index contributed by atoms with van der Waals surface area (Å²) in [6.45, 7) is 4.56. The molecule has 0 aliphatic carbocycles. The zero-order chi connectivity index (χ0) is 25.5. The topological polar surface area (TPSA) is 108 Å². The summed E-state index contributed by atoms with van der Waals surface area (Å²) >= 11 is 0. The first kappa shape index (κ1) is 25.7. The number of nitrogens with two attached hydrogens (primary N) is 1. The number of hydrogen-bond donors (Lipinski definition) is 4. The molecule has 1 heterocycles. The molecule has 7 nitrogen and oxygen atoms in total. The molecular formula is C29H36N4O3. The Labute approximate surface area is 212 Å². The first-order valence-electron chi connectivity index (χ1n) is 12.8. The van der Waals surface area contributed by atoms with Crippen LogP contribution in [-0.2, 0) is 4.79 Å².